The second-order valence-electron chi connectivity index (χ2n) is 7.23. The lowest BCUT2D eigenvalue weighted by Crippen LogP contribution is -2.48. The molecule has 0 radical (unpaired) electrons. The van der Waals surface area contributed by atoms with Gasteiger partial charge in [0.25, 0.3) is 0 Å². The first kappa shape index (κ1) is 19.5. The van der Waals surface area contributed by atoms with Crippen LogP contribution in [0.15, 0.2) is 79.0 Å². The van der Waals surface area contributed by atoms with E-state index in [0.717, 1.165) is 31.3 Å². The molecule has 2 heterocycles. The SMILES string of the molecule is FC(F)(F)c1ccc(CN2CCN(c3ccccc3)CC2c2ccccc2)cn1. The van der Waals surface area contributed by atoms with Crippen LogP contribution >= 0.6 is 0 Å². The molecule has 29 heavy (non-hydrogen) atoms. The first-order chi connectivity index (χ1) is 14.0. The van der Waals surface area contributed by atoms with Gasteiger partial charge in [-0.05, 0) is 29.3 Å². The highest BCUT2D eigenvalue weighted by Gasteiger charge is 2.32. The van der Waals surface area contributed by atoms with Crippen LogP contribution in [0, 0.1) is 0 Å². The van der Waals surface area contributed by atoms with Gasteiger partial charge in [-0.1, -0.05) is 54.6 Å². The number of para-hydroxylation sites is 1. The summed E-state index contributed by atoms with van der Waals surface area (Å²) >= 11 is 0. The maximum Gasteiger partial charge on any atom is 0.433 e. The fourth-order valence-electron chi connectivity index (χ4n) is 3.79. The number of anilines is 1. The van der Waals surface area contributed by atoms with E-state index >= 15 is 0 Å². The Kier molecular flexibility index (Phi) is 5.53. The van der Waals surface area contributed by atoms with E-state index in [4.69, 9.17) is 0 Å². The first-order valence-corrected chi connectivity index (χ1v) is 9.62. The third-order valence-electron chi connectivity index (χ3n) is 5.30. The molecule has 1 aliphatic rings. The monoisotopic (exact) mass is 397 g/mol. The highest BCUT2D eigenvalue weighted by molar-refractivity contribution is 5.47. The van der Waals surface area contributed by atoms with Crippen LogP contribution in [-0.2, 0) is 12.7 Å². The minimum atomic E-state index is -4.41. The molecule has 1 atom stereocenters. The van der Waals surface area contributed by atoms with Crippen LogP contribution in [-0.4, -0.2) is 29.5 Å². The molecular weight excluding hydrogens is 375 g/mol. The number of piperazine rings is 1. The highest BCUT2D eigenvalue weighted by Crippen LogP contribution is 2.31. The Labute approximate surface area is 168 Å². The molecule has 1 fully saturated rings. The van der Waals surface area contributed by atoms with E-state index in [1.807, 2.05) is 36.4 Å². The van der Waals surface area contributed by atoms with Gasteiger partial charge in [-0.3, -0.25) is 9.88 Å². The van der Waals surface area contributed by atoms with Gasteiger partial charge in [0.15, 0.2) is 0 Å². The van der Waals surface area contributed by atoms with E-state index in [1.165, 1.54) is 23.5 Å². The van der Waals surface area contributed by atoms with Gasteiger partial charge in [-0.25, -0.2) is 0 Å². The number of halogens is 3. The molecule has 3 aromatic rings. The Hall–Kier alpha value is -2.86. The molecule has 0 bridgehead atoms. The molecule has 4 rings (SSSR count). The summed E-state index contributed by atoms with van der Waals surface area (Å²) < 4.78 is 38.4. The van der Waals surface area contributed by atoms with Crippen molar-refractivity contribution in [2.45, 2.75) is 18.8 Å². The minimum Gasteiger partial charge on any atom is -0.368 e. The minimum absolute atomic E-state index is 0.146. The Morgan fingerprint density at radius 2 is 1.55 bits per heavy atom. The van der Waals surface area contributed by atoms with Crippen LogP contribution in [0.1, 0.15) is 22.9 Å². The highest BCUT2D eigenvalue weighted by atomic mass is 19.4. The molecule has 0 amide bonds. The second kappa shape index (κ2) is 8.25. The average Bonchev–Trinajstić information content (AvgIpc) is 2.75. The summed E-state index contributed by atoms with van der Waals surface area (Å²) in [5.74, 6) is 0. The summed E-state index contributed by atoms with van der Waals surface area (Å²) in [4.78, 5) is 8.29. The van der Waals surface area contributed by atoms with Crippen molar-refractivity contribution < 1.29 is 13.2 Å². The van der Waals surface area contributed by atoms with Crippen LogP contribution in [0.5, 0.6) is 0 Å². The third kappa shape index (κ3) is 4.59. The van der Waals surface area contributed by atoms with Gasteiger partial charge >= 0.3 is 6.18 Å². The summed E-state index contributed by atoms with van der Waals surface area (Å²) in [5, 5.41) is 0. The predicted molar refractivity (Wildman–Crippen MR) is 107 cm³/mol. The van der Waals surface area contributed by atoms with E-state index in [1.54, 1.807) is 0 Å². The molecule has 150 valence electrons. The average molecular weight is 397 g/mol. The normalized spacial score (nSPS) is 18.0. The van der Waals surface area contributed by atoms with Crippen molar-refractivity contribution >= 4 is 5.69 Å². The van der Waals surface area contributed by atoms with Crippen molar-refractivity contribution in [1.29, 1.82) is 0 Å². The number of hydrogen-bond acceptors (Lipinski definition) is 3. The van der Waals surface area contributed by atoms with Crippen molar-refractivity contribution in [3.63, 3.8) is 0 Å². The summed E-state index contributed by atoms with van der Waals surface area (Å²) in [6.07, 6.45) is -3.07. The van der Waals surface area contributed by atoms with Crippen molar-refractivity contribution in [1.82, 2.24) is 9.88 Å². The maximum atomic E-state index is 12.8. The van der Waals surface area contributed by atoms with E-state index < -0.39 is 11.9 Å². The first-order valence-electron chi connectivity index (χ1n) is 9.62. The van der Waals surface area contributed by atoms with Crippen molar-refractivity contribution in [3.05, 3.63) is 95.8 Å². The Balaban J connectivity index is 1.55. The molecule has 0 spiro atoms. The van der Waals surface area contributed by atoms with Crippen LogP contribution in [0.4, 0.5) is 18.9 Å². The van der Waals surface area contributed by atoms with E-state index in [-0.39, 0.29) is 6.04 Å². The van der Waals surface area contributed by atoms with E-state index in [2.05, 4.69) is 39.0 Å². The van der Waals surface area contributed by atoms with Gasteiger partial charge in [-0.2, -0.15) is 13.2 Å². The van der Waals surface area contributed by atoms with Crippen molar-refractivity contribution in [3.8, 4) is 0 Å². The Bertz CT molecular complexity index is 912. The van der Waals surface area contributed by atoms with E-state index in [9.17, 15) is 13.2 Å². The number of alkyl halides is 3. The molecule has 0 N–H and O–H groups in total. The van der Waals surface area contributed by atoms with Gasteiger partial charge in [0, 0.05) is 38.1 Å². The number of pyridine rings is 1. The molecular formula is C23H22F3N3. The Morgan fingerprint density at radius 1 is 0.862 bits per heavy atom. The van der Waals surface area contributed by atoms with Crippen LogP contribution < -0.4 is 4.90 Å². The van der Waals surface area contributed by atoms with Gasteiger partial charge < -0.3 is 4.90 Å². The molecule has 1 aliphatic heterocycles. The summed E-state index contributed by atoms with van der Waals surface area (Å²) in [6.45, 7) is 3.06. The van der Waals surface area contributed by atoms with Gasteiger partial charge in [-0.15, -0.1) is 0 Å². The molecule has 1 saturated heterocycles. The summed E-state index contributed by atoms with van der Waals surface area (Å²) in [5.41, 5.74) is 2.32. The fourth-order valence-corrected chi connectivity index (χ4v) is 3.79. The van der Waals surface area contributed by atoms with Crippen molar-refractivity contribution in [2.75, 3.05) is 24.5 Å². The second-order valence-corrected chi connectivity index (χ2v) is 7.23. The number of aromatic nitrogens is 1. The molecule has 0 saturated carbocycles. The Morgan fingerprint density at radius 3 is 2.17 bits per heavy atom. The topological polar surface area (TPSA) is 19.4 Å². The fraction of sp³-hybridized carbons (Fsp3) is 0.261. The molecule has 2 aromatic carbocycles. The van der Waals surface area contributed by atoms with E-state index in [0.29, 0.717) is 6.54 Å². The zero-order chi connectivity index (χ0) is 20.3. The zero-order valence-electron chi connectivity index (χ0n) is 15.9. The lowest BCUT2D eigenvalue weighted by Gasteiger charge is -2.42. The maximum absolute atomic E-state index is 12.8. The number of nitrogens with zero attached hydrogens (tertiary/aromatic N) is 3. The predicted octanol–water partition coefficient (Wildman–Crippen LogP) is 5.16. The van der Waals surface area contributed by atoms with Gasteiger partial charge in [0.05, 0.1) is 6.04 Å². The molecule has 1 aromatic heterocycles. The molecule has 1 unspecified atom stereocenters. The quantitative estimate of drug-likeness (QED) is 0.606. The lowest BCUT2D eigenvalue weighted by molar-refractivity contribution is -0.141. The van der Waals surface area contributed by atoms with Crippen LogP contribution in [0.3, 0.4) is 0 Å². The smallest absolute Gasteiger partial charge is 0.368 e. The molecule has 0 aliphatic carbocycles. The third-order valence-corrected chi connectivity index (χ3v) is 5.30. The van der Waals surface area contributed by atoms with Crippen LogP contribution in [0.2, 0.25) is 0 Å². The lowest BCUT2D eigenvalue weighted by atomic mass is 10.0. The number of rotatable bonds is 4. The van der Waals surface area contributed by atoms with Crippen LogP contribution in [0.25, 0.3) is 0 Å². The summed E-state index contributed by atoms with van der Waals surface area (Å²) in [7, 11) is 0. The summed E-state index contributed by atoms with van der Waals surface area (Å²) in [6, 6.07) is 23.3. The number of hydrogen-bond donors (Lipinski definition) is 0. The number of benzene rings is 2. The molecule has 3 nitrogen and oxygen atoms in total. The zero-order valence-corrected chi connectivity index (χ0v) is 15.9. The van der Waals surface area contributed by atoms with Gasteiger partial charge in [0.2, 0.25) is 0 Å². The van der Waals surface area contributed by atoms with Crippen molar-refractivity contribution in [2.24, 2.45) is 0 Å². The largest absolute Gasteiger partial charge is 0.433 e. The standard InChI is InChI=1S/C23H22F3N3/c24-23(25,26)22-12-11-18(15-27-22)16-29-14-13-28(20-9-5-2-6-10-20)17-21(29)19-7-3-1-4-8-19/h1-12,15,21H,13-14,16-17H2. The molecule has 6 heteroatoms. The van der Waals surface area contributed by atoms with Gasteiger partial charge in [0.1, 0.15) is 5.69 Å².